The second kappa shape index (κ2) is 6.98. The van der Waals surface area contributed by atoms with E-state index in [1.165, 1.54) is 0 Å². The quantitative estimate of drug-likeness (QED) is 0.494. The lowest BCUT2D eigenvalue weighted by atomic mass is 10.3. The predicted octanol–water partition coefficient (Wildman–Crippen LogP) is 5.09. The smallest absolute Gasteiger partial charge is 0.332 e. The van der Waals surface area contributed by atoms with Crippen LogP contribution in [0.25, 0.3) is 11.0 Å². The Bertz CT molecular complexity index is 617. The number of hydrogen-bond donors (Lipinski definition) is 1. The van der Waals surface area contributed by atoms with Crippen LogP contribution < -0.4 is 0 Å². The summed E-state index contributed by atoms with van der Waals surface area (Å²) < 4.78 is 23.8. The van der Waals surface area contributed by atoms with Crippen LogP contribution in [0.3, 0.4) is 0 Å². The summed E-state index contributed by atoms with van der Waals surface area (Å²) in [5, 5.41) is 1.14. The maximum Gasteiger partial charge on any atom is 0.396 e. The molecule has 0 saturated heterocycles. The summed E-state index contributed by atoms with van der Waals surface area (Å²) in [5.74, 6) is 0. The van der Waals surface area contributed by atoms with Crippen molar-refractivity contribution >= 4 is 63.4 Å². The van der Waals surface area contributed by atoms with Crippen molar-refractivity contribution in [1.82, 2.24) is 9.97 Å². The van der Waals surface area contributed by atoms with Crippen LogP contribution in [0.5, 0.6) is 0 Å². The number of nitrogens with zero attached hydrogens (tertiary/aromatic N) is 1. The third kappa shape index (κ3) is 3.90. The highest BCUT2D eigenvalue weighted by molar-refractivity contribution is 14.1. The molecular formula is C11H13ClIN2O3PS. The number of aromatic nitrogens is 2. The first-order valence-electron chi connectivity index (χ1n) is 5.91. The molecule has 2 aromatic rings. The van der Waals surface area contributed by atoms with Crippen molar-refractivity contribution in [1.29, 1.82) is 0 Å². The second-order valence-corrected chi connectivity index (χ2v) is 9.14. The fraction of sp³-hybridized carbons (Fsp3) is 0.364. The molecule has 2 rings (SSSR count). The van der Waals surface area contributed by atoms with Crippen LogP contribution in [0.15, 0.2) is 17.3 Å². The van der Waals surface area contributed by atoms with Gasteiger partial charge in [0.1, 0.15) is 0 Å². The van der Waals surface area contributed by atoms with E-state index in [4.69, 9.17) is 20.6 Å². The Labute approximate surface area is 139 Å². The fourth-order valence-electron chi connectivity index (χ4n) is 1.54. The molecule has 0 aliphatic carbocycles. The van der Waals surface area contributed by atoms with E-state index in [0.717, 1.165) is 26.0 Å². The van der Waals surface area contributed by atoms with Gasteiger partial charge in [-0.15, -0.1) is 0 Å². The lowest BCUT2D eigenvalue weighted by Crippen LogP contribution is -1.92. The van der Waals surface area contributed by atoms with Crippen molar-refractivity contribution in [3.05, 3.63) is 20.7 Å². The SMILES string of the molecule is CCOP(=O)(OCC)Sc1nc2cc(I)c(Cl)cc2[nH]1. The number of imidazole rings is 1. The van der Waals surface area contributed by atoms with Gasteiger partial charge >= 0.3 is 6.80 Å². The molecule has 0 spiro atoms. The van der Waals surface area contributed by atoms with Gasteiger partial charge in [-0.1, -0.05) is 11.6 Å². The molecule has 0 radical (unpaired) electrons. The summed E-state index contributed by atoms with van der Waals surface area (Å²) in [7, 11) is 0. The summed E-state index contributed by atoms with van der Waals surface area (Å²) in [6, 6.07) is 3.66. The molecule has 0 saturated carbocycles. The Kier molecular flexibility index (Phi) is 5.79. The largest absolute Gasteiger partial charge is 0.396 e. The van der Waals surface area contributed by atoms with Crippen molar-refractivity contribution in [3.8, 4) is 0 Å². The number of nitrogens with one attached hydrogen (secondary N) is 1. The summed E-state index contributed by atoms with van der Waals surface area (Å²) >= 11 is 9.18. The van der Waals surface area contributed by atoms with Gasteiger partial charge in [0.05, 0.1) is 29.3 Å². The zero-order chi connectivity index (χ0) is 14.8. The second-order valence-electron chi connectivity index (χ2n) is 3.70. The standard InChI is InChI=1S/C11H13ClIN2O3PS/c1-3-17-19(16,18-4-2)20-11-14-9-5-7(12)8(13)6-10(9)15-11/h5-6H,3-4H2,1-2H3,(H,14,15). The van der Waals surface area contributed by atoms with Crippen molar-refractivity contribution in [2.45, 2.75) is 19.0 Å². The lowest BCUT2D eigenvalue weighted by Gasteiger charge is -2.13. The van der Waals surface area contributed by atoms with E-state index in [2.05, 4.69) is 32.6 Å². The third-order valence-electron chi connectivity index (χ3n) is 2.27. The van der Waals surface area contributed by atoms with E-state index < -0.39 is 6.80 Å². The molecule has 0 fully saturated rings. The van der Waals surface area contributed by atoms with Crippen molar-refractivity contribution in [2.75, 3.05) is 13.2 Å². The number of fused-ring (bicyclic) bond motifs is 1. The minimum absolute atomic E-state index is 0.314. The minimum atomic E-state index is -3.23. The highest BCUT2D eigenvalue weighted by Crippen LogP contribution is 2.63. The van der Waals surface area contributed by atoms with Crippen molar-refractivity contribution < 1.29 is 13.6 Å². The molecule has 1 aromatic heterocycles. The molecule has 110 valence electrons. The van der Waals surface area contributed by atoms with Gasteiger partial charge in [0.25, 0.3) is 0 Å². The molecule has 5 nitrogen and oxygen atoms in total. The average Bonchev–Trinajstić information content (AvgIpc) is 2.71. The molecule has 20 heavy (non-hydrogen) atoms. The van der Waals surface area contributed by atoms with Crippen LogP contribution in [0, 0.1) is 3.57 Å². The summed E-state index contributed by atoms with van der Waals surface area (Å²) in [4.78, 5) is 7.44. The molecule has 0 aliphatic heterocycles. The van der Waals surface area contributed by atoms with Gasteiger partial charge in [-0.2, -0.15) is 0 Å². The Morgan fingerprint density at radius 2 is 2.05 bits per heavy atom. The van der Waals surface area contributed by atoms with Gasteiger partial charge in [-0.05, 0) is 48.6 Å². The molecule has 1 N–H and O–H groups in total. The summed E-state index contributed by atoms with van der Waals surface area (Å²) in [5.41, 5.74) is 1.55. The van der Waals surface area contributed by atoms with Gasteiger partial charge in [0.15, 0.2) is 5.16 Å². The summed E-state index contributed by atoms with van der Waals surface area (Å²) in [6.07, 6.45) is 0. The number of hydrogen-bond acceptors (Lipinski definition) is 5. The average molecular weight is 447 g/mol. The minimum Gasteiger partial charge on any atom is -0.332 e. The van der Waals surface area contributed by atoms with E-state index in [0.29, 0.717) is 23.4 Å². The normalized spacial score (nSPS) is 12.2. The molecule has 1 aromatic carbocycles. The van der Waals surface area contributed by atoms with E-state index >= 15 is 0 Å². The third-order valence-corrected chi connectivity index (χ3v) is 7.36. The Morgan fingerprint density at radius 1 is 1.40 bits per heavy atom. The first kappa shape index (κ1) is 16.6. The Hall–Kier alpha value is 0.210. The van der Waals surface area contributed by atoms with E-state index in [1.54, 1.807) is 19.9 Å². The molecule has 0 atom stereocenters. The molecule has 0 amide bonds. The van der Waals surface area contributed by atoms with Gasteiger partial charge < -0.3 is 14.0 Å². The number of rotatable bonds is 6. The maximum absolute atomic E-state index is 12.4. The molecule has 0 aliphatic rings. The summed E-state index contributed by atoms with van der Waals surface area (Å²) in [6.45, 7) is 0.937. The number of benzene rings is 1. The first-order chi connectivity index (χ1) is 9.47. The van der Waals surface area contributed by atoms with Gasteiger partial charge in [0, 0.05) is 15.0 Å². The number of halogens is 2. The van der Waals surface area contributed by atoms with Crippen LogP contribution in [-0.2, 0) is 13.6 Å². The molecule has 9 heteroatoms. The van der Waals surface area contributed by atoms with E-state index in [9.17, 15) is 4.57 Å². The van der Waals surface area contributed by atoms with Crippen LogP contribution >= 0.6 is 52.4 Å². The van der Waals surface area contributed by atoms with Crippen LogP contribution in [0.1, 0.15) is 13.8 Å². The zero-order valence-corrected chi connectivity index (χ0v) is 15.5. The van der Waals surface area contributed by atoms with Crippen LogP contribution in [0.2, 0.25) is 5.02 Å². The van der Waals surface area contributed by atoms with Gasteiger partial charge in [-0.3, -0.25) is 0 Å². The van der Waals surface area contributed by atoms with E-state index in [-0.39, 0.29) is 0 Å². The topological polar surface area (TPSA) is 64.2 Å². The van der Waals surface area contributed by atoms with Gasteiger partial charge in [-0.25, -0.2) is 9.55 Å². The Morgan fingerprint density at radius 3 is 2.65 bits per heavy atom. The van der Waals surface area contributed by atoms with Crippen molar-refractivity contribution in [2.24, 2.45) is 0 Å². The molecular weight excluding hydrogens is 434 g/mol. The Balaban J connectivity index is 2.31. The van der Waals surface area contributed by atoms with E-state index in [1.807, 2.05) is 6.07 Å². The number of aromatic amines is 1. The monoisotopic (exact) mass is 446 g/mol. The highest BCUT2D eigenvalue weighted by Gasteiger charge is 2.27. The first-order valence-corrected chi connectivity index (χ1v) is 10.3. The van der Waals surface area contributed by atoms with Gasteiger partial charge in [0.2, 0.25) is 0 Å². The molecule has 0 unspecified atom stereocenters. The number of H-pyrrole nitrogens is 1. The zero-order valence-electron chi connectivity index (χ0n) is 10.9. The highest BCUT2D eigenvalue weighted by atomic mass is 127. The van der Waals surface area contributed by atoms with Crippen LogP contribution in [0.4, 0.5) is 0 Å². The molecule has 1 heterocycles. The predicted molar refractivity (Wildman–Crippen MR) is 90.5 cm³/mol. The van der Waals surface area contributed by atoms with Crippen LogP contribution in [-0.4, -0.2) is 23.2 Å². The van der Waals surface area contributed by atoms with Crippen molar-refractivity contribution in [3.63, 3.8) is 0 Å². The fourth-order valence-corrected chi connectivity index (χ4v) is 5.31. The lowest BCUT2D eigenvalue weighted by molar-refractivity contribution is 0.237. The molecule has 0 bridgehead atoms. The maximum atomic E-state index is 12.4.